The first kappa shape index (κ1) is 13.4. The van der Waals surface area contributed by atoms with Crippen LogP contribution in [0.15, 0.2) is 18.2 Å². The molecular weight excluding hydrogens is 227 g/mol. The third-order valence-electron chi connectivity index (χ3n) is 2.20. The Morgan fingerprint density at radius 3 is 2.82 bits per heavy atom. The Morgan fingerprint density at radius 2 is 2.29 bits per heavy atom. The molecule has 6 heteroatoms. The third kappa shape index (κ3) is 3.99. The van der Waals surface area contributed by atoms with Crippen LogP contribution >= 0.6 is 0 Å². The number of nitrogens with one attached hydrogen (secondary N) is 1. The van der Waals surface area contributed by atoms with Crippen molar-refractivity contribution in [2.75, 3.05) is 20.2 Å². The Bertz CT molecular complexity index is 398. The number of nitro groups is 1. The van der Waals surface area contributed by atoms with Crippen LogP contribution in [0.1, 0.15) is 6.92 Å². The van der Waals surface area contributed by atoms with Gasteiger partial charge in [-0.05, 0) is 13.1 Å². The summed E-state index contributed by atoms with van der Waals surface area (Å²) in [5.41, 5.74) is -0.541. The molecule has 0 aromatic heterocycles. The average molecular weight is 242 g/mol. The summed E-state index contributed by atoms with van der Waals surface area (Å²) in [6.45, 7) is 3.20. The van der Waals surface area contributed by atoms with Gasteiger partial charge in [0.15, 0.2) is 0 Å². The number of hydrogen-bond acceptors (Lipinski definition) is 4. The van der Waals surface area contributed by atoms with Gasteiger partial charge < -0.3 is 10.1 Å². The van der Waals surface area contributed by atoms with Crippen molar-refractivity contribution in [2.45, 2.75) is 6.92 Å². The number of nitrogens with zero attached hydrogens (tertiary/aromatic N) is 1. The molecule has 0 radical (unpaired) electrons. The summed E-state index contributed by atoms with van der Waals surface area (Å²) in [6, 6.07) is 3.53. The van der Waals surface area contributed by atoms with E-state index < -0.39 is 16.4 Å². The fourth-order valence-electron chi connectivity index (χ4n) is 1.37. The lowest BCUT2D eigenvalue weighted by Gasteiger charge is -2.12. The van der Waals surface area contributed by atoms with Crippen LogP contribution in [-0.2, 0) is 0 Å². The summed E-state index contributed by atoms with van der Waals surface area (Å²) < 4.78 is 18.6. The highest BCUT2D eigenvalue weighted by atomic mass is 19.1. The minimum absolute atomic E-state index is 0.276. The zero-order valence-electron chi connectivity index (χ0n) is 9.77. The molecule has 1 unspecified atom stereocenters. The molecule has 0 heterocycles. The van der Waals surface area contributed by atoms with Crippen LogP contribution in [0.4, 0.5) is 10.1 Å². The molecule has 0 fully saturated rings. The molecule has 0 saturated heterocycles. The van der Waals surface area contributed by atoms with Gasteiger partial charge >= 0.3 is 5.69 Å². The monoisotopic (exact) mass is 242 g/mol. The quantitative estimate of drug-likeness (QED) is 0.612. The molecule has 0 amide bonds. The van der Waals surface area contributed by atoms with Crippen molar-refractivity contribution in [3.05, 3.63) is 34.1 Å². The zero-order chi connectivity index (χ0) is 12.8. The van der Waals surface area contributed by atoms with Gasteiger partial charge in [0.05, 0.1) is 11.5 Å². The number of benzene rings is 1. The molecule has 17 heavy (non-hydrogen) atoms. The maximum atomic E-state index is 13.2. The molecule has 5 nitrogen and oxygen atoms in total. The lowest BCUT2D eigenvalue weighted by Crippen LogP contribution is -2.21. The van der Waals surface area contributed by atoms with Crippen molar-refractivity contribution < 1.29 is 14.1 Å². The van der Waals surface area contributed by atoms with Crippen molar-refractivity contribution in [1.29, 1.82) is 0 Å². The second-order valence-corrected chi connectivity index (χ2v) is 3.84. The molecule has 1 rings (SSSR count). The van der Waals surface area contributed by atoms with Crippen LogP contribution in [0.3, 0.4) is 0 Å². The van der Waals surface area contributed by atoms with Crippen molar-refractivity contribution >= 4 is 5.69 Å². The summed E-state index contributed by atoms with van der Waals surface area (Å²) in [5, 5.41) is 13.4. The standard InChI is InChI=1S/C11H15FN2O3/c1-8(6-13-2)7-17-9-3-4-11(14(15)16)10(12)5-9/h3-5,8,13H,6-7H2,1-2H3. The first-order chi connectivity index (χ1) is 8.04. The fourth-order valence-corrected chi connectivity index (χ4v) is 1.37. The molecule has 0 aliphatic heterocycles. The van der Waals surface area contributed by atoms with E-state index in [1.807, 2.05) is 14.0 Å². The van der Waals surface area contributed by atoms with Gasteiger partial charge in [-0.3, -0.25) is 10.1 Å². The van der Waals surface area contributed by atoms with Crippen LogP contribution in [0.2, 0.25) is 0 Å². The highest BCUT2D eigenvalue weighted by Crippen LogP contribution is 2.22. The van der Waals surface area contributed by atoms with Gasteiger partial charge in [0.2, 0.25) is 5.82 Å². The number of rotatable bonds is 6. The number of halogens is 1. The van der Waals surface area contributed by atoms with Crippen LogP contribution in [0.5, 0.6) is 5.75 Å². The largest absolute Gasteiger partial charge is 0.493 e. The van der Waals surface area contributed by atoms with E-state index in [0.29, 0.717) is 12.4 Å². The predicted octanol–water partition coefficient (Wildman–Crippen LogP) is 1.97. The molecule has 1 aromatic rings. The molecule has 0 bridgehead atoms. The smallest absolute Gasteiger partial charge is 0.305 e. The van der Waals surface area contributed by atoms with E-state index in [-0.39, 0.29) is 5.92 Å². The Morgan fingerprint density at radius 1 is 1.59 bits per heavy atom. The SMILES string of the molecule is CNCC(C)COc1ccc([N+](=O)[O-])c(F)c1. The minimum atomic E-state index is -0.881. The van der Waals surface area contributed by atoms with Crippen molar-refractivity contribution in [3.8, 4) is 5.75 Å². The van der Waals surface area contributed by atoms with E-state index in [2.05, 4.69) is 5.32 Å². The summed E-state index contributed by atoms with van der Waals surface area (Å²) in [6.07, 6.45) is 0. The highest BCUT2D eigenvalue weighted by Gasteiger charge is 2.14. The molecule has 0 spiro atoms. The summed E-state index contributed by atoms with van der Waals surface area (Å²) in [4.78, 5) is 9.64. The van der Waals surface area contributed by atoms with Gasteiger partial charge in [-0.2, -0.15) is 4.39 Å². The molecule has 1 atom stereocenters. The lowest BCUT2D eigenvalue weighted by molar-refractivity contribution is -0.387. The second-order valence-electron chi connectivity index (χ2n) is 3.84. The van der Waals surface area contributed by atoms with E-state index in [9.17, 15) is 14.5 Å². The van der Waals surface area contributed by atoms with Gasteiger partial charge in [-0.1, -0.05) is 6.92 Å². The zero-order valence-corrected chi connectivity index (χ0v) is 9.77. The van der Waals surface area contributed by atoms with Crippen LogP contribution in [0, 0.1) is 21.8 Å². The van der Waals surface area contributed by atoms with Crippen LogP contribution in [0.25, 0.3) is 0 Å². The molecule has 0 aliphatic carbocycles. The van der Waals surface area contributed by atoms with Crippen molar-refractivity contribution in [2.24, 2.45) is 5.92 Å². The Labute approximate surface area is 98.7 Å². The maximum absolute atomic E-state index is 13.2. The van der Waals surface area contributed by atoms with Gasteiger partial charge in [-0.15, -0.1) is 0 Å². The van der Waals surface area contributed by atoms with Gasteiger partial charge in [0, 0.05) is 24.6 Å². The van der Waals surface area contributed by atoms with E-state index in [0.717, 1.165) is 18.7 Å². The van der Waals surface area contributed by atoms with Crippen LogP contribution in [-0.4, -0.2) is 25.1 Å². The first-order valence-corrected chi connectivity index (χ1v) is 5.26. The molecule has 0 saturated carbocycles. The van der Waals surface area contributed by atoms with Gasteiger partial charge in [0.1, 0.15) is 5.75 Å². The lowest BCUT2D eigenvalue weighted by atomic mass is 10.2. The van der Waals surface area contributed by atoms with E-state index in [1.54, 1.807) is 0 Å². The minimum Gasteiger partial charge on any atom is -0.493 e. The van der Waals surface area contributed by atoms with Gasteiger partial charge in [0.25, 0.3) is 0 Å². The Kier molecular flexibility index (Phi) is 4.84. The fraction of sp³-hybridized carbons (Fsp3) is 0.455. The number of hydrogen-bond donors (Lipinski definition) is 1. The molecule has 1 N–H and O–H groups in total. The van der Waals surface area contributed by atoms with Gasteiger partial charge in [-0.25, -0.2) is 0 Å². The van der Waals surface area contributed by atoms with E-state index in [4.69, 9.17) is 4.74 Å². The summed E-state index contributed by atoms with van der Waals surface area (Å²) in [5.74, 6) is -0.303. The number of ether oxygens (including phenoxy) is 1. The topological polar surface area (TPSA) is 64.4 Å². The third-order valence-corrected chi connectivity index (χ3v) is 2.20. The average Bonchev–Trinajstić information content (AvgIpc) is 2.26. The maximum Gasteiger partial charge on any atom is 0.305 e. The second kappa shape index (κ2) is 6.15. The first-order valence-electron chi connectivity index (χ1n) is 5.26. The molecule has 1 aromatic carbocycles. The van der Waals surface area contributed by atoms with E-state index in [1.165, 1.54) is 6.07 Å². The number of nitro benzene ring substituents is 1. The molecule has 0 aliphatic rings. The summed E-state index contributed by atoms with van der Waals surface area (Å²) >= 11 is 0. The Hall–Kier alpha value is -1.69. The normalized spacial score (nSPS) is 12.2. The predicted molar refractivity (Wildman–Crippen MR) is 61.6 cm³/mol. The van der Waals surface area contributed by atoms with Crippen LogP contribution < -0.4 is 10.1 Å². The highest BCUT2D eigenvalue weighted by molar-refractivity contribution is 5.37. The Balaban J connectivity index is 2.62. The van der Waals surface area contributed by atoms with E-state index >= 15 is 0 Å². The molecule has 94 valence electrons. The van der Waals surface area contributed by atoms with Crippen molar-refractivity contribution in [1.82, 2.24) is 5.32 Å². The summed E-state index contributed by atoms with van der Waals surface area (Å²) in [7, 11) is 1.84. The van der Waals surface area contributed by atoms with Crippen molar-refractivity contribution in [3.63, 3.8) is 0 Å². The molecular formula is C11H15FN2O3.